The maximum Gasteiger partial charge on any atom is 0.255 e. The average Bonchev–Trinajstić information content (AvgIpc) is 2.68. The fourth-order valence-corrected chi connectivity index (χ4v) is 2.89. The molecule has 0 spiro atoms. The maximum atomic E-state index is 12.4. The first-order chi connectivity index (χ1) is 12.7. The van der Waals surface area contributed by atoms with Crippen LogP contribution in [0.3, 0.4) is 0 Å². The summed E-state index contributed by atoms with van der Waals surface area (Å²) in [5.41, 5.74) is 2.40. The van der Waals surface area contributed by atoms with E-state index in [0.717, 1.165) is 26.3 Å². The third kappa shape index (κ3) is 4.76. The Morgan fingerprint density at radius 1 is 0.962 bits per heavy atom. The van der Waals surface area contributed by atoms with Crippen molar-refractivity contribution in [3.05, 3.63) is 87.5 Å². The number of nitrogens with one attached hydrogen (secondary N) is 1. The van der Waals surface area contributed by atoms with Gasteiger partial charge in [0.2, 0.25) is 0 Å². The molecule has 26 heavy (non-hydrogen) atoms. The summed E-state index contributed by atoms with van der Waals surface area (Å²) in [6.45, 7) is 0.422. The van der Waals surface area contributed by atoms with Gasteiger partial charge in [-0.15, -0.1) is 0 Å². The predicted molar refractivity (Wildman–Crippen MR) is 111 cm³/mol. The standard InChI is InChI=1S/C21H18INO3/c1-25-17-5-4-6-18(13-17)26-14-15-9-11-16(12-10-15)21(24)23-20-8-3-2-7-19(20)22/h2-13H,14H2,1H3,(H,23,24). The minimum absolute atomic E-state index is 0.130. The number of methoxy groups -OCH3 is 1. The topological polar surface area (TPSA) is 47.6 Å². The summed E-state index contributed by atoms with van der Waals surface area (Å²) in [6, 6.07) is 22.5. The molecule has 3 rings (SSSR count). The Morgan fingerprint density at radius 3 is 2.42 bits per heavy atom. The maximum absolute atomic E-state index is 12.4. The molecule has 5 heteroatoms. The molecule has 0 fully saturated rings. The number of hydrogen-bond acceptors (Lipinski definition) is 3. The van der Waals surface area contributed by atoms with Crippen LogP contribution < -0.4 is 14.8 Å². The molecule has 0 aliphatic carbocycles. The van der Waals surface area contributed by atoms with E-state index in [9.17, 15) is 4.79 Å². The van der Waals surface area contributed by atoms with Gasteiger partial charge in [-0.25, -0.2) is 0 Å². The average molecular weight is 459 g/mol. The molecule has 1 N–H and O–H groups in total. The van der Waals surface area contributed by atoms with Gasteiger partial charge in [0.1, 0.15) is 18.1 Å². The largest absolute Gasteiger partial charge is 0.497 e. The van der Waals surface area contributed by atoms with Crippen LogP contribution >= 0.6 is 22.6 Å². The first-order valence-corrected chi connectivity index (χ1v) is 9.15. The number of anilines is 1. The second kappa shape index (κ2) is 8.71. The Hall–Kier alpha value is -2.54. The molecular formula is C21H18INO3. The fraction of sp³-hybridized carbons (Fsp3) is 0.0952. The van der Waals surface area contributed by atoms with Crippen molar-refractivity contribution in [2.24, 2.45) is 0 Å². The normalized spacial score (nSPS) is 10.2. The lowest BCUT2D eigenvalue weighted by molar-refractivity contribution is 0.102. The zero-order chi connectivity index (χ0) is 18.4. The van der Waals surface area contributed by atoms with Crippen LogP contribution in [0.2, 0.25) is 0 Å². The number of hydrogen-bond donors (Lipinski definition) is 1. The lowest BCUT2D eigenvalue weighted by Crippen LogP contribution is -2.12. The van der Waals surface area contributed by atoms with Crippen molar-refractivity contribution < 1.29 is 14.3 Å². The molecule has 0 aliphatic heterocycles. The Morgan fingerprint density at radius 2 is 1.69 bits per heavy atom. The fourth-order valence-electron chi connectivity index (χ4n) is 2.37. The minimum Gasteiger partial charge on any atom is -0.497 e. The first-order valence-electron chi connectivity index (χ1n) is 8.07. The molecule has 0 heterocycles. The molecule has 4 nitrogen and oxygen atoms in total. The monoisotopic (exact) mass is 459 g/mol. The number of benzene rings is 3. The zero-order valence-electron chi connectivity index (χ0n) is 14.2. The number of rotatable bonds is 6. The van der Waals surface area contributed by atoms with Gasteiger partial charge in [-0.1, -0.05) is 30.3 Å². The number of amides is 1. The predicted octanol–water partition coefficient (Wildman–Crippen LogP) is 5.13. The van der Waals surface area contributed by atoms with E-state index in [0.29, 0.717) is 12.2 Å². The summed E-state index contributed by atoms with van der Waals surface area (Å²) in [7, 11) is 1.62. The van der Waals surface area contributed by atoms with E-state index in [4.69, 9.17) is 9.47 Å². The highest BCUT2D eigenvalue weighted by molar-refractivity contribution is 14.1. The summed E-state index contributed by atoms with van der Waals surface area (Å²) in [5.74, 6) is 1.37. The molecular weight excluding hydrogens is 441 g/mol. The van der Waals surface area contributed by atoms with Gasteiger partial charge in [0.15, 0.2) is 0 Å². The summed E-state index contributed by atoms with van der Waals surface area (Å²) >= 11 is 2.20. The molecule has 0 atom stereocenters. The van der Waals surface area contributed by atoms with Crippen LogP contribution in [0.25, 0.3) is 0 Å². The van der Waals surface area contributed by atoms with E-state index < -0.39 is 0 Å². The molecule has 3 aromatic carbocycles. The molecule has 0 aromatic heterocycles. The Labute approximate surface area is 166 Å². The van der Waals surface area contributed by atoms with Gasteiger partial charge in [0.05, 0.1) is 12.8 Å². The van der Waals surface area contributed by atoms with E-state index in [1.54, 1.807) is 19.2 Å². The summed E-state index contributed by atoms with van der Waals surface area (Å²) in [5, 5.41) is 2.92. The first kappa shape index (κ1) is 18.3. The highest BCUT2D eigenvalue weighted by atomic mass is 127. The number of carbonyl (C=O) groups is 1. The highest BCUT2D eigenvalue weighted by Gasteiger charge is 2.08. The Bertz CT molecular complexity index is 894. The van der Waals surface area contributed by atoms with Crippen LogP contribution in [-0.4, -0.2) is 13.0 Å². The highest BCUT2D eigenvalue weighted by Crippen LogP contribution is 2.21. The number of halogens is 1. The van der Waals surface area contributed by atoms with Crippen LogP contribution in [0.1, 0.15) is 15.9 Å². The third-order valence-electron chi connectivity index (χ3n) is 3.78. The molecule has 0 unspecified atom stereocenters. The van der Waals surface area contributed by atoms with E-state index in [2.05, 4.69) is 27.9 Å². The number of carbonyl (C=O) groups excluding carboxylic acids is 1. The van der Waals surface area contributed by atoms with Crippen LogP contribution in [0, 0.1) is 3.57 Å². The van der Waals surface area contributed by atoms with Crippen LogP contribution in [-0.2, 0) is 6.61 Å². The molecule has 0 bridgehead atoms. The Balaban J connectivity index is 1.61. The van der Waals surface area contributed by atoms with Crippen molar-refractivity contribution in [1.82, 2.24) is 0 Å². The lowest BCUT2D eigenvalue weighted by atomic mass is 10.1. The Kier molecular flexibility index (Phi) is 6.12. The second-order valence-corrected chi connectivity index (χ2v) is 6.76. The van der Waals surface area contributed by atoms with Crippen LogP contribution in [0.15, 0.2) is 72.8 Å². The SMILES string of the molecule is COc1cccc(OCc2ccc(C(=O)Nc3ccccc3I)cc2)c1. The van der Waals surface area contributed by atoms with Gasteiger partial charge in [-0.2, -0.15) is 0 Å². The van der Waals surface area contributed by atoms with E-state index in [1.165, 1.54) is 0 Å². The van der Waals surface area contributed by atoms with Crippen molar-refractivity contribution >= 4 is 34.2 Å². The van der Waals surface area contributed by atoms with Crippen molar-refractivity contribution in [2.45, 2.75) is 6.61 Å². The van der Waals surface area contributed by atoms with Gasteiger partial charge in [0, 0.05) is 15.2 Å². The van der Waals surface area contributed by atoms with Crippen molar-refractivity contribution in [3.8, 4) is 11.5 Å². The van der Waals surface area contributed by atoms with E-state index in [1.807, 2.05) is 60.7 Å². The third-order valence-corrected chi connectivity index (χ3v) is 4.73. The lowest BCUT2D eigenvalue weighted by Gasteiger charge is -2.09. The number of ether oxygens (including phenoxy) is 2. The molecule has 132 valence electrons. The smallest absolute Gasteiger partial charge is 0.255 e. The van der Waals surface area contributed by atoms with E-state index in [-0.39, 0.29) is 5.91 Å². The minimum atomic E-state index is -0.130. The van der Waals surface area contributed by atoms with Gasteiger partial charge in [-0.05, 0) is 64.6 Å². The molecule has 1 amide bonds. The van der Waals surface area contributed by atoms with Crippen molar-refractivity contribution in [1.29, 1.82) is 0 Å². The van der Waals surface area contributed by atoms with Gasteiger partial charge >= 0.3 is 0 Å². The van der Waals surface area contributed by atoms with Crippen LogP contribution in [0.4, 0.5) is 5.69 Å². The van der Waals surface area contributed by atoms with Crippen LogP contribution in [0.5, 0.6) is 11.5 Å². The zero-order valence-corrected chi connectivity index (χ0v) is 16.4. The van der Waals surface area contributed by atoms with Gasteiger partial charge in [-0.3, -0.25) is 4.79 Å². The van der Waals surface area contributed by atoms with Gasteiger partial charge < -0.3 is 14.8 Å². The van der Waals surface area contributed by atoms with Crippen molar-refractivity contribution in [2.75, 3.05) is 12.4 Å². The van der Waals surface area contributed by atoms with E-state index >= 15 is 0 Å². The molecule has 0 aliphatic rings. The molecule has 0 saturated carbocycles. The van der Waals surface area contributed by atoms with Gasteiger partial charge in [0.25, 0.3) is 5.91 Å². The second-order valence-electron chi connectivity index (χ2n) is 5.60. The van der Waals surface area contributed by atoms with Crippen molar-refractivity contribution in [3.63, 3.8) is 0 Å². The molecule has 0 saturated heterocycles. The quantitative estimate of drug-likeness (QED) is 0.520. The molecule has 3 aromatic rings. The summed E-state index contributed by atoms with van der Waals surface area (Å²) < 4.78 is 11.9. The summed E-state index contributed by atoms with van der Waals surface area (Å²) in [6.07, 6.45) is 0. The summed E-state index contributed by atoms with van der Waals surface area (Å²) in [4.78, 5) is 12.4. The molecule has 0 radical (unpaired) electrons. The number of para-hydroxylation sites is 1.